The molecule has 0 aliphatic carbocycles. The van der Waals surface area contributed by atoms with E-state index in [1.807, 2.05) is 19.9 Å². The van der Waals surface area contributed by atoms with E-state index < -0.39 is 0 Å². The van der Waals surface area contributed by atoms with E-state index in [1.165, 1.54) is 4.52 Å². The molecule has 1 N–H and O–H groups in total. The summed E-state index contributed by atoms with van der Waals surface area (Å²) in [5.41, 5.74) is 1.68. The maximum Gasteiger partial charge on any atom is 0.305 e. The highest BCUT2D eigenvalue weighted by Crippen LogP contribution is 2.05. The van der Waals surface area contributed by atoms with E-state index in [9.17, 15) is 9.59 Å². The van der Waals surface area contributed by atoms with E-state index in [-0.39, 0.29) is 24.1 Å². The number of carbonyl (C=O) groups is 2. The molecule has 0 atom stereocenters. The Morgan fingerprint density at radius 2 is 2.09 bits per heavy atom. The molecule has 1 amide bonds. The molecule has 0 aliphatic rings. The molecule has 8 heteroatoms. The monoisotopic (exact) mass is 305 g/mol. The average molecular weight is 305 g/mol. The Hall–Kier alpha value is -2.51. The second kappa shape index (κ2) is 6.97. The van der Waals surface area contributed by atoms with Crippen molar-refractivity contribution in [3.8, 4) is 0 Å². The number of hydrogen-bond donors (Lipinski definition) is 1. The van der Waals surface area contributed by atoms with Crippen LogP contribution < -0.4 is 5.32 Å². The molecule has 2 aromatic rings. The van der Waals surface area contributed by atoms with Gasteiger partial charge in [-0.25, -0.2) is 9.50 Å². The molecule has 22 heavy (non-hydrogen) atoms. The lowest BCUT2D eigenvalue weighted by molar-refractivity contribution is -0.143. The van der Waals surface area contributed by atoms with Crippen molar-refractivity contribution in [3.05, 3.63) is 23.3 Å². The molecule has 0 radical (unpaired) electrons. The summed E-state index contributed by atoms with van der Waals surface area (Å²) >= 11 is 0. The highest BCUT2D eigenvalue weighted by atomic mass is 16.5. The van der Waals surface area contributed by atoms with Crippen LogP contribution in [0.4, 0.5) is 0 Å². The lowest BCUT2D eigenvalue weighted by atomic mass is 10.3. The number of aromatic nitrogens is 4. The van der Waals surface area contributed by atoms with Gasteiger partial charge in [0.1, 0.15) is 0 Å². The van der Waals surface area contributed by atoms with Crippen LogP contribution in [0.1, 0.15) is 41.8 Å². The first-order chi connectivity index (χ1) is 10.5. The van der Waals surface area contributed by atoms with E-state index in [4.69, 9.17) is 4.74 Å². The standard InChI is InChI=1S/C14H19N5O3/c1-4-22-11(20)6-5-7-15-13(21)12-17-14-16-9(2)8-10(3)19(14)18-12/h8H,4-7H2,1-3H3,(H,15,21). The summed E-state index contributed by atoms with van der Waals surface area (Å²) in [7, 11) is 0. The molecule has 0 bridgehead atoms. The summed E-state index contributed by atoms with van der Waals surface area (Å²) in [6.45, 7) is 6.21. The number of rotatable bonds is 6. The Labute approximate surface area is 127 Å². The first-order valence-electron chi connectivity index (χ1n) is 7.16. The van der Waals surface area contributed by atoms with Gasteiger partial charge in [0.25, 0.3) is 11.7 Å². The number of amides is 1. The highest BCUT2D eigenvalue weighted by Gasteiger charge is 2.14. The van der Waals surface area contributed by atoms with Crippen molar-refractivity contribution in [1.29, 1.82) is 0 Å². The predicted molar refractivity (Wildman–Crippen MR) is 78.5 cm³/mol. The zero-order valence-electron chi connectivity index (χ0n) is 12.9. The van der Waals surface area contributed by atoms with Gasteiger partial charge in [0.2, 0.25) is 5.82 Å². The van der Waals surface area contributed by atoms with Crippen molar-refractivity contribution in [2.45, 2.75) is 33.6 Å². The maximum atomic E-state index is 12.0. The van der Waals surface area contributed by atoms with Gasteiger partial charge in [-0.05, 0) is 33.3 Å². The molecule has 2 rings (SSSR count). The van der Waals surface area contributed by atoms with Crippen molar-refractivity contribution in [1.82, 2.24) is 24.9 Å². The fraction of sp³-hybridized carbons (Fsp3) is 0.500. The van der Waals surface area contributed by atoms with Crippen molar-refractivity contribution >= 4 is 17.7 Å². The van der Waals surface area contributed by atoms with Crippen LogP contribution in [0.2, 0.25) is 0 Å². The molecule has 118 valence electrons. The number of ether oxygens (including phenoxy) is 1. The highest BCUT2D eigenvalue weighted by molar-refractivity contribution is 5.90. The number of aryl methyl sites for hydroxylation is 2. The van der Waals surface area contributed by atoms with Gasteiger partial charge in [0.15, 0.2) is 0 Å². The van der Waals surface area contributed by atoms with E-state index in [0.717, 1.165) is 11.4 Å². The lowest BCUT2D eigenvalue weighted by Gasteiger charge is -2.02. The molecule has 0 aromatic carbocycles. The Morgan fingerprint density at radius 1 is 1.32 bits per heavy atom. The molecule has 8 nitrogen and oxygen atoms in total. The second-order valence-electron chi connectivity index (χ2n) is 4.85. The summed E-state index contributed by atoms with van der Waals surface area (Å²) < 4.78 is 6.34. The van der Waals surface area contributed by atoms with Gasteiger partial charge in [-0.3, -0.25) is 9.59 Å². The molecule has 0 spiro atoms. The maximum absolute atomic E-state index is 12.0. The van der Waals surface area contributed by atoms with Gasteiger partial charge in [-0.2, -0.15) is 4.98 Å². The molecule has 0 unspecified atom stereocenters. The van der Waals surface area contributed by atoms with Crippen molar-refractivity contribution in [2.75, 3.05) is 13.2 Å². The van der Waals surface area contributed by atoms with Crippen molar-refractivity contribution < 1.29 is 14.3 Å². The third-order valence-electron chi connectivity index (χ3n) is 2.97. The summed E-state index contributed by atoms with van der Waals surface area (Å²) in [5, 5.41) is 6.81. The molecule has 2 heterocycles. The predicted octanol–water partition coefficient (Wildman–Crippen LogP) is 0.814. The fourth-order valence-corrected chi connectivity index (χ4v) is 2.01. The number of nitrogens with zero attached hydrogens (tertiary/aromatic N) is 4. The van der Waals surface area contributed by atoms with E-state index >= 15 is 0 Å². The minimum Gasteiger partial charge on any atom is -0.466 e. The molecule has 0 fully saturated rings. The molecule has 2 aromatic heterocycles. The first kappa shape index (κ1) is 15.9. The Morgan fingerprint density at radius 3 is 2.82 bits per heavy atom. The first-order valence-corrected chi connectivity index (χ1v) is 7.16. The van der Waals surface area contributed by atoms with Crippen LogP contribution in [0.25, 0.3) is 5.78 Å². The minimum atomic E-state index is -0.383. The SMILES string of the molecule is CCOC(=O)CCCNC(=O)c1nc2nc(C)cc(C)n2n1. The normalized spacial score (nSPS) is 10.7. The molecule has 0 saturated heterocycles. The number of nitrogens with one attached hydrogen (secondary N) is 1. The van der Waals surface area contributed by atoms with Gasteiger partial charge < -0.3 is 10.1 Å². The van der Waals surface area contributed by atoms with Crippen LogP contribution in [0, 0.1) is 13.8 Å². The van der Waals surface area contributed by atoms with E-state index in [0.29, 0.717) is 25.4 Å². The minimum absolute atomic E-state index is 0.0670. The Kier molecular flexibility index (Phi) is 5.03. The van der Waals surface area contributed by atoms with Crippen LogP contribution in [0.3, 0.4) is 0 Å². The second-order valence-corrected chi connectivity index (χ2v) is 4.85. The van der Waals surface area contributed by atoms with Crippen LogP contribution in [0.15, 0.2) is 6.07 Å². The van der Waals surface area contributed by atoms with Crippen LogP contribution >= 0.6 is 0 Å². The zero-order valence-corrected chi connectivity index (χ0v) is 12.9. The molecular formula is C14H19N5O3. The van der Waals surface area contributed by atoms with Crippen molar-refractivity contribution in [2.24, 2.45) is 0 Å². The quantitative estimate of drug-likeness (QED) is 0.626. The number of fused-ring (bicyclic) bond motifs is 1. The van der Waals surface area contributed by atoms with Gasteiger partial charge in [0, 0.05) is 24.4 Å². The molecule has 0 saturated carbocycles. The summed E-state index contributed by atoms with van der Waals surface area (Å²) in [4.78, 5) is 31.5. The Bertz CT molecular complexity index is 695. The smallest absolute Gasteiger partial charge is 0.305 e. The Balaban J connectivity index is 1.93. The third-order valence-corrected chi connectivity index (χ3v) is 2.97. The summed E-state index contributed by atoms with van der Waals surface area (Å²) in [6, 6.07) is 1.86. The van der Waals surface area contributed by atoms with Crippen LogP contribution in [-0.4, -0.2) is 44.6 Å². The fourth-order valence-electron chi connectivity index (χ4n) is 2.01. The molecule has 0 aliphatic heterocycles. The third kappa shape index (κ3) is 3.78. The van der Waals surface area contributed by atoms with Gasteiger partial charge in [-0.1, -0.05) is 0 Å². The largest absolute Gasteiger partial charge is 0.466 e. The van der Waals surface area contributed by atoms with Crippen LogP contribution in [-0.2, 0) is 9.53 Å². The number of carbonyl (C=O) groups excluding carboxylic acids is 2. The number of esters is 1. The van der Waals surface area contributed by atoms with Crippen molar-refractivity contribution in [3.63, 3.8) is 0 Å². The number of hydrogen-bond acceptors (Lipinski definition) is 6. The van der Waals surface area contributed by atoms with Gasteiger partial charge in [-0.15, -0.1) is 5.10 Å². The molecular weight excluding hydrogens is 286 g/mol. The zero-order chi connectivity index (χ0) is 16.1. The summed E-state index contributed by atoms with van der Waals surface area (Å²) in [6.07, 6.45) is 0.779. The topological polar surface area (TPSA) is 98.5 Å². The van der Waals surface area contributed by atoms with E-state index in [1.54, 1.807) is 6.92 Å². The van der Waals surface area contributed by atoms with Gasteiger partial charge >= 0.3 is 5.97 Å². The lowest BCUT2D eigenvalue weighted by Crippen LogP contribution is -2.26. The van der Waals surface area contributed by atoms with E-state index in [2.05, 4.69) is 20.4 Å². The average Bonchev–Trinajstić information content (AvgIpc) is 2.88. The van der Waals surface area contributed by atoms with Gasteiger partial charge in [0.05, 0.1) is 6.61 Å². The summed E-state index contributed by atoms with van der Waals surface area (Å²) in [5.74, 6) is -0.184. The van der Waals surface area contributed by atoms with Crippen LogP contribution in [0.5, 0.6) is 0 Å².